The minimum Gasteiger partial charge on any atom is -0.384 e. The molecule has 0 aliphatic carbocycles. The van der Waals surface area contributed by atoms with Gasteiger partial charge in [0.25, 0.3) is 5.91 Å². The molecule has 0 bridgehead atoms. The molecule has 5 nitrogen and oxygen atoms in total. The van der Waals surface area contributed by atoms with Gasteiger partial charge in [-0.05, 0) is 24.5 Å². The van der Waals surface area contributed by atoms with Crippen molar-refractivity contribution in [2.24, 2.45) is 0 Å². The Bertz CT molecular complexity index is 610. The van der Waals surface area contributed by atoms with Crippen LogP contribution in [-0.2, 0) is 0 Å². The summed E-state index contributed by atoms with van der Waals surface area (Å²) in [4.78, 5) is 20.9. The van der Waals surface area contributed by atoms with Crippen LogP contribution in [0, 0.1) is 0 Å². The number of pyridine rings is 1. The maximum Gasteiger partial charge on any atom is 0.252 e. The molecule has 0 saturated carbocycles. The molecule has 1 unspecified atom stereocenters. The van der Waals surface area contributed by atoms with Gasteiger partial charge in [0.05, 0.1) is 6.04 Å². The lowest BCUT2D eigenvalue weighted by Crippen LogP contribution is -2.28. The van der Waals surface area contributed by atoms with Gasteiger partial charge in [-0.25, -0.2) is 9.97 Å². The quantitative estimate of drug-likeness (QED) is 0.889. The highest BCUT2D eigenvalue weighted by molar-refractivity contribution is 7.09. The van der Waals surface area contributed by atoms with Crippen molar-refractivity contribution in [3.05, 3.63) is 40.0 Å². The number of carbonyl (C=O) groups is 1. The van der Waals surface area contributed by atoms with Crippen LogP contribution in [0.15, 0.2) is 23.7 Å². The highest BCUT2D eigenvalue weighted by Crippen LogP contribution is 2.21. The van der Waals surface area contributed by atoms with Gasteiger partial charge in [-0.15, -0.1) is 11.3 Å². The smallest absolute Gasteiger partial charge is 0.252 e. The van der Waals surface area contributed by atoms with Gasteiger partial charge in [0, 0.05) is 22.8 Å². The molecular formula is C15H20N4OS. The number of nitrogens with zero attached hydrogens (tertiary/aromatic N) is 2. The van der Waals surface area contributed by atoms with E-state index in [1.807, 2.05) is 26.2 Å². The molecule has 0 spiro atoms. The number of thiazole rings is 1. The lowest BCUT2D eigenvalue weighted by molar-refractivity contribution is 0.0935. The summed E-state index contributed by atoms with van der Waals surface area (Å²) in [6, 6.07) is 3.33. The van der Waals surface area contributed by atoms with Crippen LogP contribution in [0.2, 0.25) is 0 Å². The van der Waals surface area contributed by atoms with E-state index in [2.05, 4.69) is 15.3 Å². The molecular weight excluding hydrogens is 284 g/mol. The molecule has 2 aromatic rings. The van der Waals surface area contributed by atoms with Crippen LogP contribution in [0.5, 0.6) is 0 Å². The van der Waals surface area contributed by atoms with E-state index in [1.165, 1.54) is 0 Å². The largest absolute Gasteiger partial charge is 0.384 e. The Morgan fingerprint density at radius 3 is 2.76 bits per heavy atom. The monoisotopic (exact) mass is 304 g/mol. The standard InChI is InChI=1S/C15H20N4OS/c1-4-11(15-17-5-6-21-15)19-14(20)10-7-12(9(2)3)18-13(16)8-10/h5-9,11H,4H2,1-3H3,(H2,16,18)(H,19,20). The molecule has 0 saturated heterocycles. The Labute approximate surface area is 128 Å². The molecule has 0 aliphatic rings. The highest BCUT2D eigenvalue weighted by atomic mass is 32.1. The summed E-state index contributed by atoms with van der Waals surface area (Å²) in [5.74, 6) is 0.447. The molecule has 0 aliphatic heterocycles. The van der Waals surface area contributed by atoms with Crippen LogP contribution in [0.4, 0.5) is 5.82 Å². The van der Waals surface area contributed by atoms with Gasteiger partial charge in [-0.2, -0.15) is 0 Å². The van der Waals surface area contributed by atoms with Crippen molar-refractivity contribution < 1.29 is 4.79 Å². The Morgan fingerprint density at radius 2 is 2.19 bits per heavy atom. The molecule has 0 aromatic carbocycles. The summed E-state index contributed by atoms with van der Waals surface area (Å²) < 4.78 is 0. The van der Waals surface area contributed by atoms with E-state index < -0.39 is 0 Å². The van der Waals surface area contributed by atoms with Gasteiger partial charge in [-0.3, -0.25) is 4.79 Å². The average molecular weight is 304 g/mol. The number of amides is 1. The van der Waals surface area contributed by atoms with E-state index >= 15 is 0 Å². The number of nitrogens with one attached hydrogen (secondary N) is 1. The topological polar surface area (TPSA) is 80.9 Å². The molecule has 0 radical (unpaired) electrons. The molecule has 1 amide bonds. The van der Waals surface area contributed by atoms with Gasteiger partial charge in [-0.1, -0.05) is 20.8 Å². The predicted molar refractivity (Wildman–Crippen MR) is 85.4 cm³/mol. The second kappa shape index (κ2) is 6.67. The fraction of sp³-hybridized carbons (Fsp3) is 0.400. The Kier molecular flexibility index (Phi) is 4.90. The van der Waals surface area contributed by atoms with Crippen LogP contribution in [0.1, 0.15) is 60.2 Å². The Morgan fingerprint density at radius 1 is 1.43 bits per heavy atom. The van der Waals surface area contributed by atoms with Crippen molar-refractivity contribution in [2.75, 3.05) is 5.73 Å². The van der Waals surface area contributed by atoms with E-state index in [0.29, 0.717) is 11.4 Å². The van der Waals surface area contributed by atoms with E-state index in [-0.39, 0.29) is 17.9 Å². The van der Waals surface area contributed by atoms with Crippen LogP contribution in [0.25, 0.3) is 0 Å². The van der Waals surface area contributed by atoms with Gasteiger partial charge >= 0.3 is 0 Å². The second-order valence-corrected chi connectivity index (χ2v) is 6.09. The number of anilines is 1. The second-order valence-electron chi connectivity index (χ2n) is 5.16. The zero-order valence-electron chi connectivity index (χ0n) is 12.5. The van der Waals surface area contributed by atoms with Crippen molar-refractivity contribution in [1.82, 2.24) is 15.3 Å². The van der Waals surface area contributed by atoms with Crippen LogP contribution >= 0.6 is 11.3 Å². The summed E-state index contributed by atoms with van der Waals surface area (Å²) >= 11 is 1.54. The number of nitrogen functional groups attached to an aromatic ring is 1. The molecule has 112 valence electrons. The summed E-state index contributed by atoms with van der Waals surface area (Å²) in [7, 11) is 0. The zero-order valence-corrected chi connectivity index (χ0v) is 13.3. The van der Waals surface area contributed by atoms with Crippen LogP contribution in [0.3, 0.4) is 0 Å². The van der Waals surface area contributed by atoms with Crippen molar-refractivity contribution in [3.63, 3.8) is 0 Å². The predicted octanol–water partition coefficient (Wildman–Crippen LogP) is 3.12. The van der Waals surface area contributed by atoms with Crippen molar-refractivity contribution in [2.45, 2.75) is 39.2 Å². The first-order valence-electron chi connectivity index (χ1n) is 6.99. The third-order valence-corrected chi connectivity index (χ3v) is 4.07. The maximum absolute atomic E-state index is 12.4. The third kappa shape index (κ3) is 3.78. The molecule has 21 heavy (non-hydrogen) atoms. The Balaban J connectivity index is 2.20. The first-order valence-corrected chi connectivity index (χ1v) is 7.87. The minimum absolute atomic E-state index is 0.0746. The molecule has 2 rings (SSSR count). The van der Waals surface area contributed by atoms with Gasteiger partial charge in [0.2, 0.25) is 0 Å². The number of hydrogen-bond donors (Lipinski definition) is 2. The van der Waals surface area contributed by atoms with E-state index in [1.54, 1.807) is 29.7 Å². The first kappa shape index (κ1) is 15.4. The normalized spacial score (nSPS) is 12.4. The fourth-order valence-corrected chi connectivity index (χ4v) is 2.76. The van der Waals surface area contributed by atoms with Gasteiger partial charge in [0.1, 0.15) is 10.8 Å². The SMILES string of the molecule is CCC(NC(=O)c1cc(N)nc(C(C)C)c1)c1nccs1. The molecule has 6 heteroatoms. The van der Waals surface area contributed by atoms with Gasteiger partial charge < -0.3 is 11.1 Å². The third-order valence-electron chi connectivity index (χ3n) is 3.18. The van der Waals surface area contributed by atoms with Crippen LogP contribution in [-0.4, -0.2) is 15.9 Å². The number of hydrogen-bond acceptors (Lipinski definition) is 5. The average Bonchev–Trinajstić information content (AvgIpc) is 2.97. The summed E-state index contributed by atoms with van der Waals surface area (Å²) in [5.41, 5.74) is 7.16. The fourth-order valence-electron chi connectivity index (χ4n) is 1.99. The van der Waals surface area contributed by atoms with Crippen molar-refractivity contribution >= 4 is 23.1 Å². The molecule has 2 heterocycles. The van der Waals surface area contributed by atoms with Gasteiger partial charge in [0.15, 0.2) is 0 Å². The van der Waals surface area contributed by atoms with E-state index in [4.69, 9.17) is 5.73 Å². The van der Waals surface area contributed by atoms with Crippen molar-refractivity contribution in [3.8, 4) is 0 Å². The lowest BCUT2D eigenvalue weighted by atomic mass is 10.1. The summed E-state index contributed by atoms with van der Waals surface area (Å²) in [5, 5.41) is 5.83. The number of nitrogens with two attached hydrogens (primary N) is 1. The molecule has 2 aromatic heterocycles. The molecule has 1 atom stereocenters. The number of carbonyl (C=O) groups excluding carboxylic acids is 1. The lowest BCUT2D eigenvalue weighted by Gasteiger charge is -2.15. The summed E-state index contributed by atoms with van der Waals surface area (Å²) in [6.07, 6.45) is 2.53. The minimum atomic E-state index is -0.145. The summed E-state index contributed by atoms with van der Waals surface area (Å²) in [6.45, 7) is 6.06. The molecule has 3 N–H and O–H groups in total. The Hall–Kier alpha value is -1.95. The maximum atomic E-state index is 12.4. The molecule has 0 fully saturated rings. The zero-order chi connectivity index (χ0) is 15.4. The number of rotatable bonds is 5. The first-order chi connectivity index (χ1) is 10.0. The van der Waals surface area contributed by atoms with Crippen molar-refractivity contribution in [1.29, 1.82) is 0 Å². The van der Waals surface area contributed by atoms with E-state index in [0.717, 1.165) is 17.1 Å². The van der Waals surface area contributed by atoms with E-state index in [9.17, 15) is 4.79 Å². The highest BCUT2D eigenvalue weighted by Gasteiger charge is 2.17. The number of aromatic nitrogens is 2. The van der Waals surface area contributed by atoms with Crippen LogP contribution < -0.4 is 11.1 Å².